The fourth-order valence-corrected chi connectivity index (χ4v) is 3.13. The molecule has 7 heteroatoms. The summed E-state index contributed by atoms with van der Waals surface area (Å²) in [6.07, 6.45) is 0.411. The number of ether oxygens (including phenoxy) is 1. The lowest BCUT2D eigenvalue weighted by Gasteiger charge is -2.17. The lowest BCUT2D eigenvalue weighted by Crippen LogP contribution is -2.34. The van der Waals surface area contributed by atoms with Gasteiger partial charge in [0.1, 0.15) is 5.75 Å². The van der Waals surface area contributed by atoms with Gasteiger partial charge in [0.15, 0.2) is 0 Å². The molecular formula is C20H22ClN3O3. The topological polar surface area (TPSA) is 70.7 Å². The zero-order chi connectivity index (χ0) is 19.2. The predicted molar refractivity (Wildman–Crippen MR) is 107 cm³/mol. The van der Waals surface area contributed by atoms with Crippen LogP contribution in [0.1, 0.15) is 13.3 Å². The van der Waals surface area contributed by atoms with E-state index in [1.165, 1.54) is 0 Å². The Balaban J connectivity index is 1.50. The average molecular weight is 388 g/mol. The minimum Gasteiger partial charge on any atom is -0.494 e. The summed E-state index contributed by atoms with van der Waals surface area (Å²) in [6, 6.07) is 14.1. The SMILES string of the molecule is CCOc1ccc(N2C[C@@H](CNC(=O)Nc3ccc(Cl)cc3)CC2=O)cc1. The Bertz CT molecular complexity index is 793. The first-order valence-corrected chi connectivity index (χ1v) is 9.26. The van der Waals surface area contributed by atoms with Gasteiger partial charge in [0.2, 0.25) is 5.91 Å². The highest BCUT2D eigenvalue weighted by Crippen LogP contribution is 2.26. The Kier molecular flexibility index (Phi) is 6.19. The van der Waals surface area contributed by atoms with Gasteiger partial charge in [-0.05, 0) is 55.5 Å². The third-order valence-electron chi connectivity index (χ3n) is 4.32. The molecule has 2 aromatic carbocycles. The van der Waals surface area contributed by atoms with Crippen molar-refractivity contribution in [2.24, 2.45) is 5.92 Å². The minimum absolute atomic E-state index is 0.0593. The summed E-state index contributed by atoms with van der Waals surface area (Å²) in [7, 11) is 0. The number of hydrogen-bond acceptors (Lipinski definition) is 3. The Morgan fingerprint density at radius 1 is 1.19 bits per heavy atom. The largest absolute Gasteiger partial charge is 0.494 e. The number of rotatable bonds is 6. The molecule has 1 aliphatic heterocycles. The first-order valence-electron chi connectivity index (χ1n) is 8.89. The van der Waals surface area contributed by atoms with Gasteiger partial charge in [0, 0.05) is 41.8 Å². The molecule has 142 valence electrons. The van der Waals surface area contributed by atoms with Crippen molar-refractivity contribution in [1.29, 1.82) is 0 Å². The van der Waals surface area contributed by atoms with E-state index in [-0.39, 0.29) is 17.9 Å². The molecule has 3 rings (SSSR count). The standard InChI is InChI=1S/C20H22ClN3O3/c1-2-27-18-9-7-17(8-10-18)24-13-14(11-19(24)25)12-22-20(26)23-16-5-3-15(21)4-6-16/h3-10,14H,2,11-13H2,1H3,(H2,22,23,26)/t14-/m1/s1. The van der Waals surface area contributed by atoms with Crippen molar-refractivity contribution in [1.82, 2.24) is 5.32 Å². The zero-order valence-corrected chi connectivity index (χ0v) is 15.8. The van der Waals surface area contributed by atoms with Crippen LogP contribution in [0.4, 0.5) is 16.2 Å². The molecule has 6 nitrogen and oxygen atoms in total. The van der Waals surface area contributed by atoms with Crippen LogP contribution in [0, 0.1) is 5.92 Å². The van der Waals surface area contributed by atoms with Gasteiger partial charge in [-0.15, -0.1) is 0 Å². The van der Waals surface area contributed by atoms with E-state index >= 15 is 0 Å². The second-order valence-electron chi connectivity index (χ2n) is 6.34. The van der Waals surface area contributed by atoms with E-state index in [1.807, 2.05) is 31.2 Å². The number of anilines is 2. The van der Waals surface area contributed by atoms with E-state index in [1.54, 1.807) is 29.2 Å². The van der Waals surface area contributed by atoms with Crippen molar-refractivity contribution in [3.8, 4) is 5.75 Å². The molecule has 0 radical (unpaired) electrons. The number of benzene rings is 2. The number of amides is 3. The number of halogens is 1. The fraction of sp³-hybridized carbons (Fsp3) is 0.300. The molecule has 0 saturated carbocycles. The predicted octanol–water partition coefficient (Wildman–Crippen LogP) is 3.91. The summed E-state index contributed by atoms with van der Waals surface area (Å²) < 4.78 is 5.43. The van der Waals surface area contributed by atoms with Crippen LogP contribution in [0.15, 0.2) is 48.5 Å². The van der Waals surface area contributed by atoms with Gasteiger partial charge in [0.25, 0.3) is 0 Å². The van der Waals surface area contributed by atoms with E-state index in [0.717, 1.165) is 11.4 Å². The molecule has 0 unspecified atom stereocenters. The van der Waals surface area contributed by atoms with Crippen molar-refractivity contribution >= 4 is 34.9 Å². The summed E-state index contributed by atoms with van der Waals surface area (Å²) in [5.74, 6) is 0.911. The first-order chi connectivity index (χ1) is 13.0. The first kappa shape index (κ1) is 19.0. The van der Waals surface area contributed by atoms with Crippen molar-refractivity contribution in [2.45, 2.75) is 13.3 Å². The normalized spacial score (nSPS) is 16.3. The molecule has 27 heavy (non-hydrogen) atoms. The number of carbonyl (C=O) groups excluding carboxylic acids is 2. The number of urea groups is 1. The van der Waals surface area contributed by atoms with Gasteiger partial charge >= 0.3 is 6.03 Å². The highest BCUT2D eigenvalue weighted by molar-refractivity contribution is 6.30. The molecule has 3 amide bonds. The maximum Gasteiger partial charge on any atom is 0.319 e. The molecule has 0 aromatic heterocycles. The number of hydrogen-bond donors (Lipinski definition) is 2. The van der Waals surface area contributed by atoms with Gasteiger partial charge < -0.3 is 20.3 Å². The van der Waals surface area contributed by atoms with Crippen LogP contribution in [0.25, 0.3) is 0 Å². The smallest absolute Gasteiger partial charge is 0.319 e. The van der Waals surface area contributed by atoms with Crippen molar-refractivity contribution in [2.75, 3.05) is 29.9 Å². The summed E-state index contributed by atoms with van der Waals surface area (Å²) in [4.78, 5) is 26.1. The number of carbonyl (C=O) groups is 2. The van der Waals surface area contributed by atoms with Gasteiger partial charge in [-0.1, -0.05) is 11.6 Å². The number of nitrogens with zero attached hydrogens (tertiary/aromatic N) is 1. The van der Waals surface area contributed by atoms with E-state index < -0.39 is 0 Å². The van der Waals surface area contributed by atoms with Gasteiger partial charge in [0.05, 0.1) is 6.61 Å². The zero-order valence-electron chi connectivity index (χ0n) is 15.1. The summed E-state index contributed by atoms with van der Waals surface area (Å²) >= 11 is 5.83. The van der Waals surface area contributed by atoms with Crippen molar-refractivity contribution in [3.63, 3.8) is 0 Å². The van der Waals surface area contributed by atoms with Crippen molar-refractivity contribution in [3.05, 3.63) is 53.6 Å². The van der Waals surface area contributed by atoms with E-state index in [2.05, 4.69) is 10.6 Å². The number of nitrogens with one attached hydrogen (secondary N) is 2. The highest BCUT2D eigenvalue weighted by Gasteiger charge is 2.30. The van der Waals surface area contributed by atoms with Crippen molar-refractivity contribution < 1.29 is 14.3 Å². The quantitative estimate of drug-likeness (QED) is 0.789. The second-order valence-corrected chi connectivity index (χ2v) is 6.78. The molecular weight excluding hydrogens is 366 g/mol. The summed E-state index contributed by atoms with van der Waals surface area (Å²) in [5.41, 5.74) is 1.51. The van der Waals surface area contributed by atoms with Crippen LogP contribution >= 0.6 is 11.6 Å². The molecule has 1 atom stereocenters. The maximum atomic E-state index is 12.3. The highest BCUT2D eigenvalue weighted by atomic mass is 35.5. The van der Waals surface area contributed by atoms with E-state index in [4.69, 9.17) is 16.3 Å². The molecule has 2 aromatic rings. The Morgan fingerprint density at radius 3 is 2.56 bits per heavy atom. The van der Waals surface area contributed by atoms with E-state index in [9.17, 15) is 9.59 Å². The summed E-state index contributed by atoms with van der Waals surface area (Å²) in [6.45, 7) is 3.54. The Morgan fingerprint density at radius 2 is 1.89 bits per heavy atom. The van der Waals surface area contributed by atoms with Crippen LogP contribution in [0.2, 0.25) is 5.02 Å². The molecule has 1 aliphatic rings. The summed E-state index contributed by atoms with van der Waals surface area (Å²) in [5, 5.41) is 6.18. The Labute approximate surface area is 163 Å². The third kappa shape index (κ3) is 5.14. The van der Waals surface area contributed by atoms with Crippen LogP contribution in [0.3, 0.4) is 0 Å². The van der Waals surface area contributed by atoms with Gasteiger partial charge in [-0.25, -0.2) is 4.79 Å². The van der Waals surface area contributed by atoms with Crippen LogP contribution in [-0.4, -0.2) is 31.6 Å². The maximum absolute atomic E-state index is 12.3. The molecule has 1 saturated heterocycles. The lowest BCUT2D eigenvalue weighted by molar-refractivity contribution is -0.117. The molecule has 2 N–H and O–H groups in total. The Hall–Kier alpha value is -2.73. The van der Waals surface area contributed by atoms with Crippen LogP contribution in [-0.2, 0) is 4.79 Å². The third-order valence-corrected chi connectivity index (χ3v) is 4.57. The van der Waals surface area contributed by atoms with E-state index in [0.29, 0.717) is 36.8 Å². The van der Waals surface area contributed by atoms with Gasteiger partial charge in [-0.2, -0.15) is 0 Å². The van der Waals surface area contributed by atoms with Crippen LogP contribution < -0.4 is 20.3 Å². The molecule has 0 bridgehead atoms. The average Bonchev–Trinajstić information content (AvgIpc) is 3.04. The lowest BCUT2D eigenvalue weighted by atomic mass is 10.1. The molecule has 0 spiro atoms. The monoisotopic (exact) mass is 387 g/mol. The van der Waals surface area contributed by atoms with Crippen LogP contribution in [0.5, 0.6) is 5.75 Å². The molecule has 0 aliphatic carbocycles. The molecule has 1 heterocycles. The minimum atomic E-state index is -0.302. The van der Waals surface area contributed by atoms with Gasteiger partial charge in [-0.3, -0.25) is 4.79 Å². The second kappa shape index (κ2) is 8.77. The molecule has 1 fully saturated rings. The fourth-order valence-electron chi connectivity index (χ4n) is 3.00.